The van der Waals surface area contributed by atoms with E-state index in [4.69, 9.17) is 4.53 Å². The van der Waals surface area contributed by atoms with Crippen LogP contribution in [0.3, 0.4) is 0 Å². The molecule has 19 heavy (non-hydrogen) atoms. The molecule has 1 aliphatic rings. The lowest BCUT2D eigenvalue weighted by molar-refractivity contribution is -0.370. The molecule has 1 heterocycles. The van der Waals surface area contributed by atoms with Gasteiger partial charge in [0.1, 0.15) is 5.17 Å². The Bertz CT molecular complexity index is 325. The Morgan fingerprint density at radius 2 is 1.68 bits per heavy atom. The molecule has 0 aromatic heterocycles. The predicted octanol–water partition coefficient (Wildman–Crippen LogP) is -1.54. The zero-order chi connectivity index (χ0) is 13.5. The Kier molecular flexibility index (Phi) is 8.14. The van der Waals surface area contributed by atoms with Crippen molar-refractivity contribution in [2.45, 2.75) is 34.1 Å². The number of carbonyl (C=O) groups is 1. The van der Waals surface area contributed by atoms with E-state index in [1.807, 2.05) is 0 Å². The highest BCUT2D eigenvalue weighted by Crippen LogP contribution is 2.11. The van der Waals surface area contributed by atoms with Gasteiger partial charge < -0.3 is 12.4 Å². The van der Waals surface area contributed by atoms with Gasteiger partial charge in [0.15, 0.2) is 0 Å². The molecular formula is C12H23ClN4O2. The Morgan fingerprint density at radius 3 is 2.00 bits per heavy atom. The Labute approximate surface area is 121 Å². The first kappa shape index (κ1) is 17.7. The van der Waals surface area contributed by atoms with Crippen LogP contribution in [0.2, 0.25) is 0 Å². The van der Waals surface area contributed by atoms with Crippen molar-refractivity contribution < 1.29 is 21.7 Å². The van der Waals surface area contributed by atoms with E-state index in [9.17, 15) is 4.79 Å². The SMILES string of the molecule is CCN(CC)C(=[O+]N1N=CCC1=O)N(CC)CC.[Cl-]. The molecule has 0 saturated heterocycles. The third-order valence-electron chi connectivity index (χ3n) is 2.90. The fourth-order valence-corrected chi connectivity index (χ4v) is 1.79. The van der Waals surface area contributed by atoms with Gasteiger partial charge in [-0.1, -0.05) is 5.10 Å². The van der Waals surface area contributed by atoms with Crippen molar-refractivity contribution in [1.29, 1.82) is 0 Å². The number of carbonyl (C=O) groups excluding carboxylic acids is 2. The number of hydrogen-bond acceptors (Lipinski definition) is 2. The maximum Gasteiger partial charge on any atom is 0.555 e. The molecule has 0 unspecified atom stereocenters. The van der Waals surface area contributed by atoms with Gasteiger partial charge >= 0.3 is 11.9 Å². The standard InChI is InChI=1S/C12H23N4O2.ClH/c1-5-14(6-2)12(15(7-3)8-4)18-16-11(17)9-10-13-16;/h10H,5-9H2,1-4H3;1H/q+1;/p-1. The second-order valence-corrected chi connectivity index (χ2v) is 3.89. The predicted molar refractivity (Wildman–Crippen MR) is 71.2 cm³/mol. The van der Waals surface area contributed by atoms with Crippen molar-refractivity contribution >= 4 is 18.2 Å². The molecule has 0 aromatic rings. The highest BCUT2D eigenvalue weighted by Gasteiger charge is 2.34. The number of hydrogen-bond donors (Lipinski definition) is 0. The van der Waals surface area contributed by atoms with E-state index in [0.717, 1.165) is 31.4 Å². The van der Waals surface area contributed by atoms with Gasteiger partial charge in [-0.15, -0.1) is 0 Å². The molecule has 0 aliphatic carbocycles. The fourth-order valence-electron chi connectivity index (χ4n) is 1.79. The molecule has 0 bridgehead atoms. The summed E-state index contributed by atoms with van der Waals surface area (Å²) >= 11 is 0. The van der Waals surface area contributed by atoms with E-state index in [2.05, 4.69) is 42.6 Å². The summed E-state index contributed by atoms with van der Waals surface area (Å²) in [5, 5.41) is 5.00. The molecule has 0 radical (unpaired) electrons. The molecule has 0 N–H and O–H groups in total. The maximum atomic E-state index is 11.5. The van der Waals surface area contributed by atoms with Gasteiger partial charge in [0.2, 0.25) is 0 Å². The van der Waals surface area contributed by atoms with Crippen molar-refractivity contribution in [2.75, 3.05) is 26.2 Å². The van der Waals surface area contributed by atoms with Crippen LogP contribution in [0.5, 0.6) is 0 Å². The Morgan fingerprint density at radius 1 is 1.21 bits per heavy atom. The maximum absolute atomic E-state index is 11.5. The summed E-state index contributed by atoms with van der Waals surface area (Å²) in [5.41, 5.74) is 0. The van der Waals surface area contributed by atoms with Gasteiger partial charge in [-0.05, 0) is 32.2 Å². The van der Waals surface area contributed by atoms with Crippen molar-refractivity contribution in [1.82, 2.24) is 15.0 Å². The van der Waals surface area contributed by atoms with Crippen LogP contribution in [0.4, 0.5) is 4.53 Å². The zero-order valence-electron chi connectivity index (χ0n) is 12.1. The second kappa shape index (κ2) is 8.74. The molecular weight excluding hydrogens is 268 g/mol. The van der Waals surface area contributed by atoms with Crippen LogP contribution in [0.1, 0.15) is 34.1 Å². The minimum atomic E-state index is -0.133. The van der Waals surface area contributed by atoms with Gasteiger partial charge in [-0.3, -0.25) is 14.6 Å². The summed E-state index contributed by atoms with van der Waals surface area (Å²) in [6.45, 7) is 11.6. The van der Waals surface area contributed by atoms with Crippen LogP contribution >= 0.6 is 0 Å². The molecule has 0 fully saturated rings. The van der Waals surface area contributed by atoms with Crippen LogP contribution < -0.4 is 12.4 Å². The monoisotopic (exact) mass is 290 g/mol. The molecule has 110 valence electrons. The van der Waals surface area contributed by atoms with E-state index in [1.54, 1.807) is 6.21 Å². The lowest BCUT2D eigenvalue weighted by Crippen LogP contribution is -3.00. The number of nitrogens with zero attached hydrogens (tertiary/aromatic N) is 4. The minimum Gasteiger partial charge on any atom is -1.00 e. The molecule has 6 nitrogen and oxygen atoms in total. The normalized spacial score (nSPS) is 13.3. The first-order chi connectivity index (χ1) is 8.67. The van der Waals surface area contributed by atoms with Gasteiger partial charge in [0.25, 0.3) is 0 Å². The van der Waals surface area contributed by atoms with Crippen LogP contribution in [-0.2, 0) is 4.79 Å². The quantitative estimate of drug-likeness (QED) is 0.567. The molecule has 3 amide bonds. The lowest BCUT2D eigenvalue weighted by atomic mass is 10.5. The second-order valence-electron chi connectivity index (χ2n) is 3.89. The van der Waals surface area contributed by atoms with Gasteiger partial charge in [0, 0.05) is 32.4 Å². The van der Waals surface area contributed by atoms with Crippen molar-refractivity contribution in [3.8, 4) is 0 Å². The minimum absolute atomic E-state index is 0. The van der Waals surface area contributed by atoms with Gasteiger partial charge in [-0.2, -0.15) is 0 Å². The topological polar surface area (TPSA) is 50.5 Å². The van der Waals surface area contributed by atoms with Crippen molar-refractivity contribution in [3.05, 3.63) is 0 Å². The third-order valence-corrected chi connectivity index (χ3v) is 2.90. The molecule has 0 atom stereocenters. The average Bonchev–Trinajstić information content (AvgIpc) is 2.78. The number of rotatable bonds is 5. The van der Waals surface area contributed by atoms with E-state index in [-0.39, 0.29) is 18.3 Å². The van der Waals surface area contributed by atoms with E-state index in [0.29, 0.717) is 12.5 Å². The molecule has 1 aliphatic heterocycles. The first-order valence-corrected chi connectivity index (χ1v) is 6.57. The van der Waals surface area contributed by atoms with Crippen LogP contribution in [0, 0.1) is 0 Å². The van der Waals surface area contributed by atoms with E-state index >= 15 is 0 Å². The number of urea groups is 1. The largest absolute Gasteiger partial charge is 1.00 e. The molecule has 0 saturated carbocycles. The number of amides is 3. The summed E-state index contributed by atoms with van der Waals surface area (Å²) in [6.07, 6.45) is 1.87. The smallest absolute Gasteiger partial charge is 0.555 e. The van der Waals surface area contributed by atoms with Crippen molar-refractivity contribution in [2.24, 2.45) is 5.10 Å². The average molecular weight is 291 g/mol. The van der Waals surface area contributed by atoms with E-state index in [1.165, 1.54) is 0 Å². The van der Waals surface area contributed by atoms with Crippen LogP contribution in [0.25, 0.3) is 0 Å². The van der Waals surface area contributed by atoms with Gasteiger partial charge in [-0.25, -0.2) is 0 Å². The summed E-state index contributed by atoms with van der Waals surface area (Å²) in [6, 6.07) is 0.692. The summed E-state index contributed by atoms with van der Waals surface area (Å²) in [5.74, 6) is -0.133. The van der Waals surface area contributed by atoms with E-state index < -0.39 is 0 Å². The first-order valence-electron chi connectivity index (χ1n) is 6.57. The Balaban J connectivity index is 0.00000324. The molecule has 0 aromatic carbocycles. The summed E-state index contributed by atoms with van der Waals surface area (Å²) < 4.78 is 5.67. The molecule has 1 rings (SSSR count). The fraction of sp³-hybridized carbons (Fsp3) is 0.750. The molecule has 0 spiro atoms. The Hall–Kier alpha value is -1.30. The zero-order valence-corrected chi connectivity index (χ0v) is 12.9. The third kappa shape index (κ3) is 4.38. The highest BCUT2D eigenvalue weighted by molar-refractivity contribution is 5.93. The molecule has 7 heteroatoms. The number of halogens is 1. The summed E-state index contributed by atoms with van der Waals surface area (Å²) in [7, 11) is 0. The van der Waals surface area contributed by atoms with Crippen LogP contribution in [-0.4, -0.2) is 59.3 Å². The summed E-state index contributed by atoms with van der Waals surface area (Å²) in [4.78, 5) is 15.7. The van der Waals surface area contributed by atoms with Crippen molar-refractivity contribution in [3.63, 3.8) is 0 Å². The number of hydroxylamine groups is 1. The van der Waals surface area contributed by atoms with Crippen LogP contribution in [0.15, 0.2) is 5.10 Å². The lowest BCUT2D eigenvalue weighted by Gasteiger charge is -2.22. The highest BCUT2D eigenvalue weighted by atomic mass is 35.5. The number of hydrazone groups is 1. The van der Waals surface area contributed by atoms with Gasteiger partial charge in [0.05, 0.1) is 6.42 Å².